The van der Waals surface area contributed by atoms with Gasteiger partial charge in [0.25, 0.3) is 0 Å². The molecule has 0 aliphatic carbocycles. The Bertz CT molecular complexity index is 268. The van der Waals surface area contributed by atoms with Crippen molar-refractivity contribution < 1.29 is 0 Å². The van der Waals surface area contributed by atoms with Crippen LogP contribution in [-0.4, -0.2) is 13.1 Å². The molecule has 0 aliphatic heterocycles. The van der Waals surface area contributed by atoms with Gasteiger partial charge in [-0.2, -0.15) is 11.3 Å². The van der Waals surface area contributed by atoms with Gasteiger partial charge in [0.1, 0.15) is 0 Å². The first-order chi connectivity index (χ1) is 8.31. The average molecular weight is 253 g/mol. The lowest BCUT2D eigenvalue weighted by Crippen LogP contribution is -2.33. The van der Waals surface area contributed by atoms with Gasteiger partial charge in [-0.05, 0) is 54.6 Å². The van der Waals surface area contributed by atoms with Gasteiger partial charge in [0.15, 0.2) is 0 Å². The smallest absolute Gasteiger partial charge is 0.00953 e. The lowest BCUT2D eigenvalue weighted by atomic mass is 9.88. The van der Waals surface area contributed by atoms with E-state index in [1.165, 1.54) is 44.1 Å². The fourth-order valence-corrected chi connectivity index (χ4v) is 3.23. The molecule has 17 heavy (non-hydrogen) atoms. The van der Waals surface area contributed by atoms with Gasteiger partial charge in [0.2, 0.25) is 0 Å². The molecular formula is C15H27NS. The zero-order chi connectivity index (χ0) is 12.5. The van der Waals surface area contributed by atoms with Crippen molar-refractivity contribution in [3.05, 3.63) is 22.4 Å². The number of hydrogen-bond donors (Lipinski definition) is 1. The maximum atomic E-state index is 3.53. The number of hydrogen-bond acceptors (Lipinski definition) is 2. The van der Waals surface area contributed by atoms with E-state index in [2.05, 4.69) is 43.0 Å². The summed E-state index contributed by atoms with van der Waals surface area (Å²) in [6.07, 6.45) is 7.86. The van der Waals surface area contributed by atoms with Crippen molar-refractivity contribution in [3.63, 3.8) is 0 Å². The minimum absolute atomic E-state index is 0.687. The first-order valence-corrected chi connectivity index (χ1v) is 7.94. The Labute approximate surface area is 111 Å². The van der Waals surface area contributed by atoms with E-state index in [0.717, 1.165) is 5.92 Å². The van der Waals surface area contributed by atoms with Crippen molar-refractivity contribution >= 4 is 11.3 Å². The Kier molecular flexibility index (Phi) is 7.54. The largest absolute Gasteiger partial charge is 0.317 e. The summed E-state index contributed by atoms with van der Waals surface area (Å²) in [6, 6.07) is 2.94. The highest BCUT2D eigenvalue weighted by molar-refractivity contribution is 7.07. The molecule has 1 nitrogen and oxygen atoms in total. The summed E-state index contributed by atoms with van der Waals surface area (Å²) in [5.41, 5.74) is 1.50. The third-order valence-corrected chi connectivity index (χ3v) is 4.45. The third-order valence-electron chi connectivity index (χ3n) is 3.72. The van der Waals surface area contributed by atoms with E-state index in [4.69, 9.17) is 0 Å². The normalized spacial score (nSPS) is 14.8. The van der Waals surface area contributed by atoms with Crippen molar-refractivity contribution in [3.8, 4) is 0 Å². The van der Waals surface area contributed by atoms with Gasteiger partial charge in [0, 0.05) is 6.04 Å². The molecule has 1 aromatic rings. The van der Waals surface area contributed by atoms with Crippen LogP contribution in [0.4, 0.5) is 0 Å². The summed E-state index contributed by atoms with van der Waals surface area (Å²) in [6.45, 7) is 4.61. The van der Waals surface area contributed by atoms with Crippen molar-refractivity contribution in [2.24, 2.45) is 5.92 Å². The molecule has 0 spiro atoms. The summed E-state index contributed by atoms with van der Waals surface area (Å²) in [5, 5.41) is 7.98. The van der Waals surface area contributed by atoms with Crippen molar-refractivity contribution in [1.29, 1.82) is 0 Å². The second-order valence-electron chi connectivity index (χ2n) is 4.88. The van der Waals surface area contributed by atoms with Gasteiger partial charge in [-0.1, -0.05) is 33.1 Å². The zero-order valence-electron chi connectivity index (χ0n) is 11.5. The monoisotopic (exact) mass is 253 g/mol. The van der Waals surface area contributed by atoms with Crippen LogP contribution in [0.5, 0.6) is 0 Å². The molecule has 2 unspecified atom stereocenters. The van der Waals surface area contributed by atoms with Gasteiger partial charge in [-0.25, -0.2) is 0 Å². The maximum absolute atomic E-state index is 3.53. The van der Waals surface area contributed by atoms with Gasteiger partial charge < -0.3 is 5.32 Å². The standard InChI is InChI=1S/C15H27NS/c1-4-6-7-14(5-2)15(16-3)9-8-13-10-11-17-12-13/h10-12,14-16H,4-9H2,1-3H3. The Morgan fingerprint density at radius 2 is 2.12 bits per heavy atom. The number of unbranched alkanes of at least 4 members (excludes halogenated alkanes) is 1. The van der Waals surface area contributed by atoms with E-state index in [0.29, 0.717) is 6.04 Å². The van der Waals surface area contributed by atoms with Crippen LogP contribution in [0.3, 0.4) is 0 Å². The summed E-state index contributed by atoms with van der Waals surface area (Å²) in [5.74, 6) is 0.846. The molecule has 2 atom stereocenters. The maximum Gasteiger partial charge on any atom is 0.00953 e. The minimum Gasteiger partial charge on any atom is -0.317 e. The number of thiophene rings is 1. The van der Waals surface area contributed by atoms with Crippen LogP contribution in [0.15, 0.2) is 16.8 Å². The van der Waals surface area contributed by atoms with Crippen LogP contribution in [-0.2, 0) is 6.42 Å². The van der Waals surface area contributed by atoms with Crippen LogP contribution in [0.2, 0.25) is 0 Å². The Hall–Kier alpha value is -0.340. The highest BCUT2D eigenvalue weighted by Crippen LogP contribution is 2.21. The Balaban J connectivity index is 2.39. The van der Waals surface area contributed by atoms with Crippen LogP contribution >= 0.6 is 11.3 Å². The molecule has 1 aromatic heterocycles. The topological polar surface area (TPSA) is 12.0 Å². The van der Waals surface area contributed by atoms with Crippen molar-refractivity contribution in [1.82, 2.24) is 5.32 Å². The Morgan fingerprint density at radius 1 is 1.29 bits per heavy atom. The SMILES string of the molecule is CCCCC(CC)C(CCc1ccsc1)NC. The summed E-state index contributed by atoms with van der Waals surface area (Å²) >= 11 is 1.81. The predicted octanol–water partition coefficient (Wildman–Crippen LogP) is 4.49. The molecule has 0 amide bonds. The fourth-order valence-electron chi connectivity index (χ4n) is 2.53. The van der Waals surface area contributed by atoms with Crippen LogP contribution in [0.1, 0.15) is 51.5 Å². The molecule has 98 valence electrons. The summed E-state index contributed by atoms with van der Waals surface area (Å²) in [4.78, 5) is 0. The Morgan fingerprint density at radius 3 is 2.65 bits per heavy atom. The van der Waals surface area contributed by atoms with E-state index in [9.17, 15) is 0 Å². The van der Waals surface area contributed by atoms with E-state index in [1.807, 2.05) is 0 Å². The second-order valence-corrected chi connectivity index (χ2v) is 5.66. The van der Waals surface area contributed by atoms with E-state index in [1.54, 1.807) is 11.3 Å². The van der Waals surface area contributed by atoms with Gasteiger partial charge in [-0.15, -0.1) is 0 Å². The molecule has 0 saturated heterocycles. The van der Waals surface area contributed by atoms with Gasteiger partial charge in [-0.3, -0.25) is 0 Å². The van der Waals surface area contributed by atoms with E-state index < -0.39 is 0 Å². The quantitative estimate of drug-likeness (QED) is 0.684. The molecule has 2 heteroatoms. The first-order valence-electron chi connectivity index (χ1n) is 7.00. The van der Waals surface area contributed by atoms with E-state index >= 15 is 0 Å². The molecule has 0 fully saturated rings. The molecule has 0 radical (unpaired) electrons. The molecule has 0 aliphatic rings. The fraction of sp³-hybridized carbons (Fsp3) is 0.733. The molecule has 1 heterocycles. The third kappa shape index (κ3) is 5.22. The highest BCUT2D eigenvalue weighted by atomic mass is 32.1. The number of rotatable bonds is 9. The average Bonchev–Trinajstić information content (AvgIpc) is 2.86. The van der Waals surface area contributed by atoms with Crippen molar-refractivity contribution in [2.45, 2.75) is 58.4 Å². The predicted molar refractivity (Wildman–Crippen MR) is 78.8 cm³/mol. The van der Waals surface area contributed by atoms with Gasteiger partial charge >= 0.3 is 0 Å². The van der Waals surface area contributed by atoms with Crippen LogP contribution in [0.25, 0.3) is 0 Å². The van der Waals surface area contributed by atoms with Crippen LogP contribution < -0.4 is 5.32 Å². The molecule has 0 bridgehead atoms. The van der Waals surface area contributed by atoms with Crippen LogP contribution in [0, 0.1) is 5.92 Å². The van der Waals surface area contributed by atoms with Crippen molar-refractivity contribution in [2.75, 3.05) is 7.05 Å². The molecule has 0 aromatic carbocycles. The number of aryl methyl sites for hydroxylation is 1. The van der Waals surface area contributed by atoms with E-state index in [-0.39, 0.29) is 0 Å². The molecular weight excluding hydrogens is 226 g/mol. The summed E-state index contributed by atoms with van der Waals surface area (Å²) < 4.78 is 0. The molecule has 1 N–H and O–H groups in total. The lowest BCUT2D eigenvalue weighted by Gasteiger charge is -2.26. The van der Waals surface area contributed by atoms with Gasteiger partial charge in [0.05, 0.1) is 0 Å². The number of nitrogens with one attached hydrogen (secondary N) is 1. The zero-order valence-corrected chi connectivity index (χ0v) is 12.4. The minimum atomic E-state index is 0.687. The summed E-state index contributed by atoms with van der Waals surface area (Å²) in [7, 11) is 2.12. The second kappa shape index (κ2) is 8.71. The first kappa shape index (κ1) is 14.7. The molecule has 1 rings (SSSR count). The molecule has 0 saturated carbocycles. The highest BCUT2D eigenvalue weighted by Gasteiger charge is 2.17. The lowest BCUT2D eigenvalue weighted by molar-refractivity contribution is 0.317.